The molecule has 12 N–H and O–H groups in total. The van der Waals surface area contributed by atoms with Crippen molar-refractivity contribution in [2.24, 2.45) is 0 Å². The third-order valence-corrected chi connectivity index (χ3v) is 9.33. The van der Waals surface area contributed by atoms with Crippen LogP contribution >= 0.6 is 0 Å². The quantitative estimate of drug-likeness (QED) is 0.0931. The van der Waals surface area contributed by atoms with Gasteiger partial charge in [-0.3, -0.25) is 4.79 Å². The highest BCUT2D eigenvalue weighted by Gasteiger charge is 2.53. The molecule has 4 heterocycles. The lowest BCUT2D eigenvalue weighted by Gasteiger charge is -2.48. The summed E-state index contributed by atoms with van der Waals surface area (Å²) in [6.45, 7) is -2.52. The van der Waals surface area contributed by atoms with Gasteiger partial charge < -0.3 is 94.1 Å². The van der Waals surface area contributed by atoms with E-state index in [0.29, 0.717) is 5.56 Å². The van der Waals surface area contributed by atoms with E-state index in [1.165, 1.54) is 30.3 Å². The summed E-state index contributed by atoms with van der Waals surface area (Å²) < 4.78 is 38.9. The number of rotatable bonds is 10. The van der Waals surface area contributed by atoms with Gasteiger partial charge in [-0.15, -0.1) is 0 Å². The number of aliphatic hydroxyl groups is 10. The van der Waals surface area contributed by atoms with Crippen molar-refractivity contribution in [2.75, 3.05) is 19.8 Å². The summed E-state index contributed by atoms with van der Waals surface area (Å²) in [6.07, 6.45) is -25.1. The van der Waals surface area contributed by atoms with Gasteiger partial charge in [-0.25, -0.2) is 0 Å². The molecule has 2 aromatic carbocycles. The van der Waals surface area contributed by atoms with E-state index in [0.717, 1.165) is 12.3 Å². The molecule has 0 bridgehead atoms. The van der Waals surface area contributed by atoms with Crippen molar-refractivity contribution in [1.29, 1.82) is 0 Å². The molecule has 0 aliphatic carbocycles. The van der Waals surface area contributed by atoms with Crippen LogP contribution in [0.4, 0.5) is 0 Å². The molecule has 20 heteroatoms. The predicted octanol–water partition coefficient (Wildman–Crippen LogP) is -4.30. The third kappa shape index (κ3) is 7.58. The highest BCUT2D eigenvalue weighted by atomic mass is 16.8. The molecule has 3 aliphatic heterocycles. The van der Waals surface area contributed by atoms with Crippen LogP contribution in [0.2, 0.25) is 0 Å². The molecule has 6 rings (SSSR count). The van der Waals surface area contributed by atoms with Crippen LogP contribution in [-0.4, -0.2) is 173 Å². The molecule has 3 saturated heterocycles. The van der Waals surface area contributed by atoms with Gasteiger partial charge in [-0.05, 0) is 17.7 Å². The van der Waals surface area contributed by atoms with Crippen LogP contribution < -0.4 is 10.2 Å². The zero-order chi connectivity index (χ0) is 38.3. The number of fused-ring (bicyclic) bond motifs is 1. The molecule has 15 atom stereocenters. The molecule has 0 saturated carbocycles. The summed E-state index contributed by atoms with van der Waals surface area (Å²) >= 11 is 0. The maximum Gasteiger partial charge on any atom is 0.229 e. The fourth-order valence-electron chi connectivity index (χ4n) is 6.39. The van der Waals surface area contributed by atoms with Gasteiger partial charge in [-0.1, -0.05) is 12.1 Å². The first-order chi connectivity index (χ1) is 25.3. The normalized spacial score (nSPS) is 37.8. The maximum atomic E-state index is 13.2. The van der Waals surface area contributed by atoms with Crippen molar-refractivity contribution in [3.05, 3.63) is 52.9 Å². The Kier molecular flexibility index (Phi) is 11.9. The average molecular weight is 757 g/mol. The number of phenols is 2. The fourth-order valence-corrected chi connectivity index (χ4v) is 6.39. The summed E-state index contributed by atoms with van der Waals surface area (Å²) in [5.74, 6) is -0.771. The van der Waals surface area contributed by atoms with Gasteiger partial charge in [0, 0.05) is 12.1 Å². The van der Waals surface area contributed by atoms with Crippen LogP contribution in [-0.2, 0) is 23.7 Å². The Bertz CT molecular complexity index is 1750. The summed E-state index contributed by atoms with van der Waals surface area (Å²) in [4.78, 5) is 13.2. The monoisotopic (exact) mass is 756 g/mol. The standard InChI is InChI=1S/C33H40O20/c34-7-17-22(40)23(41)26(44)32(49-17)52-30-19(9-36)51-33(28(46)25(30)43)53-29-18(8-35)50-31(27(45)24(29)42)48-13-5-15(38)20-16(6-13)47-10-14(21(20)39)11-1-3-12(37)4-2-11/h1-6,10,17-19,22-38,40-46H,7-9H2/t17-,18-,19-,22-,23+,24-,25-,26-,27-,28-,29-,30-,31-,32-,33-/m1/s1. The maximum absolute atomic E-state index is 13.2. The Morgan fingerprint density at radius 1 is 0.604 bits per heavy atom. The molecule has 292 valence electrons. The molecular weight excluding hydrogens is 716 g/mol. The second-order valence-corrected chi connectivity index (χ2v) is 12.8. The number of hydrogen-bond acceptors (Lipinski definition) is 20. The molecule has 1 aromatic heterocycles. The zero-order valence-corrected chi connectivity index (χ0v) is 27.5. The molecule has 0 amide bonds. The van der Waals surface area contributed by atoms with Crippen LogP contribution in [0.3, 0.4) is 0 Å². The summed E-state index contributed by atoms with van der Waals surface area (Å²) in [7, 11) is 0. The van der Waals surface area contributed by atoms with Crippen LogP contribution in [0.1, 0.15) is 0 Å². The number of ether oxygens (including phenoxy) is 6. The number of hydrogen-bond donors (Lipinski definition) is 12. The molecule has 53 heavy (non-hydrogen) atoms. The Morgan fingerprint density at radius 2 is 1.11 bits per heavy atom. The minimum atomic E-state index is -2.00. The molecule has 0 spiro atoms. The lowest BCUT2D eigenvalue weighted by molar-refractivity contribution is -0.376. The first kappa shape index (κ1) is 39.2. The average Bonchev–Trinajstić information content (AvgIpc) is 3.14. The van der Waals surface area contributed by atoms with E-state index in [1.807, 2.05) is 0 Å². The number of aliphatic hydroxyl groups excluding tert-OH is 10. The summed E-state index contributed by atoms with van der Waals surface area (Å²) in [5.41, 5.74) is -0.216. The lowest BCUT2D eigenvalue weighted by Crippen LogP contribution is -2.66. The Labute approximate surface area is 298 Å². The Morgan fingerprint density at radius 3 is 1.68 bits per heavy atom. The minimum absolute atomic E-state index is 0.0209. The summed E-state index contributed by atoms with van der Waals surface area (Å²) in [6, 6.07) is 7.95. The first-order valence-corrected chi connectivity index (χ1v) is 16.4. The van der Waals surface area contributed by atoms with E-state index in [2.05, 4.69) is 0 Å². The summed E-state index contributed by atoms with van der Waals surface area (Å²) in [5, 5.41) is 124. The lowest BCUT2D eigenvalue weighted by atomic mass is 9.96. The van der Waals surface area contributed by atoms with E-state index in [9.17, 15) is 66.1 Å². The van der Waals surface area contributed by atoms with Gasteiger partial charge in [0.1, 0.15) is 108 Å². The van der Waals surface area contributed by atoms with Crippen LogP contribution in [0.25, 0.3) is 22.1 Å². The highest BCUT2D eigenvalue weighted by molar-refractivity contribution is 5.88. The topological polar surface area (TPSA) is 328 Å². The van der Waals surface area contributed by atoms with Crippen molar-refractivity contribution in [3.8, 4) is 28.4 Å². The van der Waals surface area contributed by atoms with Crippen LogP contribution in [0, 0.1) is 0 Å². The smallest absolute Gasteiger partial charge is 0.229 e. The molecule has 3 aliphatic rings. The highest BCUT2D eigenvalue weighted by Crippen LogP contribution is 2.35. The fraction of sp³-hybridized carbons (Fsp3) is 0.545. The largest absolute Gasteiger partial charge is 0.508 e. The van der Waals surface area contributed by atoms with Crippen molar-refractivity contribution >= 4 is 11.0 Å². The molecule has 0 unspecified atom stereocenters. The second kappa shape index (κ2) is 16.0. The van der Waals surface area contributed by atoms with Crippen molar-refractivity contribution in [1.82, 2.24) is 0 Å². The van der Waals surface area contributed by atoms with Crippen molar-refractivity contribution < 1.29 is 94.1 Å². The van der Waals surface area contributed by atoms with E-state index < -0.39 is 123 Å². The van der Waals surface area contributed by atoms with Gasteiger partial charge >= 0.3 is 0 Å². The van der Waals surface area contributed by atoms with Crippen molar-refractivity contribution in [2.45, 2.75) is 92.1 Å². The predicted molar refractivity (Wildman–Crippen MR) is 171 cm³/mol. The van der Waals surface area contributed by atoms with Crippen LogP contribution in [0.5, 0.6) is 17.2 Å². The Balaban J connectivity index is 1.14. The second-order valence-electron chi connectivity index (χ2n) is 12.8. The molecule has 3 fully saturated rings. The third-order valence-electron chi connectivity index (χ3n) is 9.33. The number of aromatic hydroxyl groups is 2. The van der Waals surface area contributed by atoms with Crippen molar-refractivity contribution in [3.63, 3.8) is 0 Å². The zero-order valence-electron chi connectivity index (χ0n) is 27.5. The number of benzene rings is 2. The Hall–Kier alpha value is -3.55. The number of phenolic OH excluding ortho intramolecular Hbond substituents is 2. The van der Waals surface area contributed by atoms with Gasteiger partial charge in [0.2, 0.25) is 11.7 Å². The molecule has 20 nitrogen and oxygen atoms in total. The molecular formula is C33H40O20. The van der Waals surface area contributed by atoms with E-state index >= 15 is 0 Å². The van der Waals surface area contributed by atoms with Gasteiger partial charge in [0.25, 0.3) is 0 Å². The first-order valence-electron chi connectivity index (χ1n) is 16.4. The van der Waals surface area contributed by atoms with E-state index in [1.54, 1.807) is 0 Å². The minimum Gasteiger partial charge on any atom is -0.508 e. The van der Waals surface area contributed by atoms with Gasteiger partial charge in [0.05, 0.1) is 25.4 Å². The van der Waals surface area contributed by atoms with Gasteiger partial charge in [-0.2, -0.15) is 0 Å². The SMILES string of the molecule is O=c1c(-c2ccc(O)cc2)coc2cc(O[C@@H]3O[C@H](CO)[C@@H](O[C@H]4O[C@H](CO)[C@@H](O[C@H]5O[C@H](CO)[C@@H](O)[C@H](O)[C@H]5O)[C@H](O)[C@H]4O)[C@H](O)[C@H]3O)cc(O)c12. The van der Waals surface area contributed by atoms with E-state index in [4.69, 9.17) is 32.8 Å². The molecule has 3 aromatic rings. The van der Waals surface area contributed by atoms with E-state index in [-0.39, 0.29) is 28.0 Å². The molecule has 0 radical (unpaired) electrons. The van der Waals surface area contributed by atoms with Crippen LogP contribution in [0.15, 0.2) is 51.9 Å². The van der Waals surface area contributed by atoms with Gasteiger partial charge in [0.15, 0.2) is 12.6 Å².